The minimum Gasteiger partial charge on any atom is -0.481 e. The van der Waals surface area contributed by atoms with Gasteiger partial charge in [-0.3, -0.25) is 0 Å². The summed E-state index contributed by atoms with van der Waals surface area (Å²) in [5.74, 6) is 1.01. The summed E-state index contributed by atoms with van der Waals surface area (Å²) in [6.07, 6.45) is 3.71. The van der Waals surface area contributed by atoms with Gasteiger partial charge in [-0.15, -0.1) is 0 Å². The van der Waals surface area contributed by atoms with Crippen molar-refractivity contribution >= 4 is 12.0 Å². The monoisotopic (exact) mass is 370 g/mol. The molecule has 1 saturated heterocycles. The predicted octanol–water partition coefficient (Wildman–Crippen LogP) is 3.43. The number of nitrogens with zero attached hydrogens (tertiary/aromatic N) is 3. The summed E-state index contributed by atoms with van der Waals surface area (Å²) >= 11 is 0. The van der Waals surface area contributed by atoms with E-state index in [2.05, 4.69) is 15.3 Å². The van der Waals surface area contributed by atoms with Crippen LogP contribution < -0.4 is 10.1 Å². The number of methoxy groups -OCH3 is 1. The second kappa shape index (κ2) is 8.70. The molecule has 0 aliphatic carbocycles. The van der Waals surface area contributed by atoms with Gasteiger partial charge in [0.15, 0.2) is 0 Å². The third-order valence-corrected chi connectivity index (χ3v) is 5.08. The van der Waals surface area contributed by atoms with Crippen LogP contribution in [0.5, 0.6) is 5.88 Å². The summed E-state index contributed by atoms with van der Waals surface area (Å²) in [6, 6.07) is 11.7. The van der Waals surface area contributed by atoms with Gasteiger partial charge < -0.3 is 20.1 Å². The lowest BCUT2D eigenvalue weighted by molar-refractivity contribution is 0.0656. The van der Waals surface area contributed by atoms with Gasteiger partial charge in [0.1, 0.15) is 0 Å². The fourth-order valence-corrected chi connectivity index (χ4v) is 3.85. The van der Waals surface area contributed by atoms with E-state index in [1.54, 1.807) is 24.3 Å². The number of carboxylic acid groups (broad SMARTS) is 1. The van der Waals surface area contributed by atoms with Crippen LogP contribution in [0.15, 0.2) is 42.6 Å². The molecule has 1 aliphatic rings. The first kappa shape index (κ1) is 18.9. The number of piperidine rings is 1. The molecule has 2 heterocycles. The lowest BCUT2D eigenvalue weighted by Crippen LogP contribution is -2.55. The molecule has 7 heteroatoms. The van der Waals surface area contributed by atoms with E-state index in [9.17, 15) is 9.90 Å². The summed E-state index contributed by atoms with van der Waals surface area (Å²) in [5, 5.41) is 13.2. The molecule has 1 amide bonds. The molecule has 1 aromatic carbocycles. The number of likely N-dealkylation sites (tertiary alicyclic amines) is 1. The lowest BCUT2D eigenvalue weighted by atomic mass is 9.87. The highest BCUT2D eigenvalue weighted by molar-refractivity contribution is 5.66. The van der Waals surface area contributed by atoms with Crippen molar-refractivity contribution in [1.82, 2.24) is 14.9 Å². The largest absolute Gasteiger partial charge is 0.481 e. The number of benzene rings is 1. The van der Waals surface area contributed by atoms with Gasteiger partial charge in [0.2, 0.25) is 11.8 Å². The van der Waals surface area contributed by atoms with E-state index in [1.165, 1.54) is 0 Å². The zero-order valence-corrected chi connectivity index (χ0v) is 15.7. The first-order valence-electron chi connectivity index (χ1n) is 9.29. The molecule has 3 atom stereocenters. The number of hydrogen-bond acceptors (Lipinski definition) is 5. The molecule has 0 bridgehead atoms. The first-order chi connectivity index (χ1) is 13.1. The van der Waals surface area contributed by atoms with Crippen LogP contribution in [0.1, 0.15) is 31.7 Å². The standard InChI is InChI=1S/C20H26N4O3/c1-3-16-12-15(22-19-21-10-9-18(23-19)27-2)13-17(24(16)20(25)26)11-14-7-5-4-6-8-14/h4-10,15-17H,3,11-13H2,1-2H3,(H,25,26)(H,21,22,23). The Morgan fingerprint density at radius 3 is 2.67 bits per heavy atom. The van der Waals surface area contributed by atoms with Gasteiger partial charge in [-0.1, -0.05) is 37.3 Å². The van der Waals surface area contributed by atoms with E-state index >= 15 is 0 Å². The van der Waals surface area contributed by atoms with Crippen LogP contribution in [0.2, 0.25) is 0 Å². The fourth-order valence-electron chi connectivity index (χ4n) is 3.85. The fraction of sp³-hybridized carbons (Fsp3) is 0.450. The smallest absolute Gasteiger partial charge is 0.407 e. The highest BCUT2D eigenvalue weighted by Crippen LogP contribution is 2.29. The van der Waals surface area contributed by atoms with Crippen molar-refractivity contribution in [3.63, 3.8) is 0 Å². The number of carbonyl (C=O) groups is 1. The Bertz CT molecular complexity index is 756. The van der Waals surface area contributed by atoms with Gasteiger partial charge in [0.25, 0.3) is 0 Å². The van der Waals surface area contributed by atoms with E-state index in [4.69, 9.17) is 4.74 Å². The van der Waals surface area contributed by atoms with Crippen molar-refractivity contribution in [1.29, 1.82) is 0 Å². The zero-order valence-electron chi connectivity index (χ0n) is 15.7. The number of rotatable bonds is 6. The van der Waals surface area contributed by atoms with Crippen LogP contribution in [0.3, 0.4) is 0 Å². The molecular weight excluding hydrogens is 344 g/mol. The Hall–Kier alpha value is -2.83. The molecule has 3 rings (SSSR count). The Balaban J connectivity index is 1.79. The summed E-state index contributed by atoms with van der Waals surface area (Å²) in [7, 11) is 1.57. The molecule has 2 N–H and O–H groups in total. The van der Waals surface area contributed by atoms with Crippen LogP contribution in [-0.4, -0.2) is 51.3 Å². The number of aromatic nitrogens is 2. The third kappa shape index (κ3) is 4.67. The predicted molar refractivity (Wildman–Crippen MR) is 103 cm³/mol. The molecule has 1 aliphatic heterocycles. The van der Waals surface area contributed by atoms with Gasteiger partial charge in [0.05, 0.1) is 7.11 Å². The third-order valence-electron chi connectivity index (χ3n) is 5.08. The second-order valence-electron chi connectivity index (χ2n) is 6.83. The quantitative estimate of drug-likeness (QED) is 0.810. The summed E-state index contributed by atoms with van der Waals surface area (Å²) in [4.78, 5) is 22.2. The number of amides is 1. The van der Waals surface area contributed by atoms with E-state index in [1.807, 2.05) is 37.3 Å². The maximum atomic E-state index is 11.9. The Morgan fingerprint density at radius 1 is 1.26 bits per heavy atom. The molecule has 0 spiro atoms. The SMILES string of the molecule is CCC1CC(Nc2nccc(OC)n2)CC(Cc2ccccc2)N1C(=O)O. The van der Waals surface area contributed by atoms with Crippen molar-refractivity contribution in [3.8, 4) is 5.88 Å². The van der Waals surface area contributed by atoms with Gasteiger partial charge in [-0.05, 0) is 31.2 Å². The molecule has 144 valence electrons. The summed E-state index contributed by atoms with van der Waals surface area (Å²) in [6.45, 7) is 2.03. The highest BCUT2D eigenvalue weighted by Gasteiger charge is 2.38. The van der Waals surface area contributed by atoms with Crippen molar-refractivity contribution < 1.29 is 14.6 Å². The van der Waals surface area contributed by atoms with Crippen LogP contribution in [-0.2, 0) is 6.42 Å². The molecule has 27 heavy (non-hydrogen) atoms. The van der Waals surface area contributed by atoms with E-state index < -0.39 is 6.09 Å². The number of ether oxygens (including phenoxy) is 1. The molecular formula is C20H26N4O3. The average molecular weight is 370 g/mol. The maximum Gasteiger partial charge on any atom is 0.407 e. The van der Waals surface area contributed by atoms with Crippen molar-refractivity contribution in [2.45, 2.75) is 50.7 Å². The van der Waals surface area contributed by atoms with E-state index in [-0.39, 0.29) is 18.1 Å². The van der Waals surface area contributed by atoms with E-state index in [0.29, 0.717) is 24.7 Å². The minimum atomic E-state index is -0.848. The first-order valence-corrected chi connectivity index (χ1v) is 9.29. The average Bonchev–Trinajstić information content (AvgIpc) is 2.68. The topological polar surface area (TPSA) is 87.6 Å². The summed E-state index contributed by atoms with van der Waals surface area (Å²) < 4.78 is 5.16. The molecule has 3 unspecified atom stereocenters. The Morgan fingerprint density at radius 2 is 2.00 bits per heavy atom. The molecule has 0 radical (unpaired) electrons. The van der Waals surface area contributed by atoms with Gasteiger partial charge in [-0.25, -0.2) is 9.78 Å². The molecule has 1 fully saturated rings. The van der Waals surface area contributed by atoms with Crippen LogP contribution in [0.25, 0.3) is 0 Å². The molecule has 1 aromatic heterocycles. The Kier molecular flexibility index (Phi) is 6.11. The van der Waals surface area contributed by atoms with Crippen molar-refractivity contribution in [3.05, 3.63) is 48.2 Å². The van der Waals surface area contributed by atoms with Crippen LogP contribution >= 0.6 is 0 Å². The molecule has 0 saturated carbocycles. The van der Waals surface area contributed by atoms with E-state index in [0.717, 1.165) is 18.4 Å². The zero-order chi connectivity index (χ0) is 19.2. The lowest BCUT2D eigenvalue weighted by Gasteiger charge is -2.44. The number of anilines is 1. The molecule has 2 aromatic rings. The van der Waals surface area contributed by atoms with Crippen LogP contribution in [0.4, 0.5) is 10.7 Å². The normalized spacial score (nSPS) is 22.3. The number of nitrogens with one attached hydrogen (secondary N) is 1. The van der Waals surface area contributed by atoms with Gasteiger partial charge in [-0.2, -0.15) is 4.98 Å². The van der Waals surface area contributed by atoms with Crippen LogP contribution in [0, 0.1) is 0 Å². The minimum absolute atomic E-state index is 0.0342. The van der Waals surface area contributed by atoms with Crippen molar-refractivity contribution in [2.24, 2.45) is 0 Å². The van der Waals surface area contributed by atoms with Crippen molar-refractivity contribution in [2.75, 3.05) is 12.4 Å². The van der Waals surface area contributed by atoms with Gasteiger partial charge in [0, 0.05) is 30.4 Å². The number of hydrogen-bond donors (Lipinski definition) is 2. The Labute approximate surface area is 159 Å². The summed E-state index contributed by atoms with van der Waals surface area (Å²) in [5.41, 5.74) is 1.14. The second-order valence-corrected chi connectivity index (χ2v) is 6.83. The molecule has 7 nitrogen and oxygen atoms in total. The maximum absolute atomic E-state index is 11.9. The highest BCUT2D eigenvalue weighted by atomic mass is 16.5. The van der Waals surface area contributed by atoms with Gasteiger partial charge >= 0.3 is 6.09 Å².